The SMILES string of the molecule is FC(F)(F)c1ccc(C2=Nc3cccc4cccc(c34)N2)cc1. The number of halogens is 3. The van der Waals surface area contributed by atoms with Crippen LogP contribution in [0.2, 0.25) is 0 Å². The monoisotopic (exact) mass is 312 g/mol. The molecule has 0 unspecified atom stereocenters. The first-order valence-electron chi connectivity index (χ1n) is 7.07. The van der Waals surface area contributed by atoms with Gasteiger partial charge >= 0.3 is 6.18 Å². The lowest BCUT2D eigenvalue weighted by Crippen LogP contribution is -2.16. The number of hydrogen-bond donors (Lipinski definition) is 1. The van der Waals surface area contributed by atoms with Crippen molar-refractivity contribution in [2.45, 2.75) is 6.18 Å². The van der Waals surface area contributed by atoms with Gasteiger partial charge in [0.2, 0.25) is 0 Å². The molecule has 1 N–H and O–H groups in total. The van der Waals surface area contributed by atoms with Gasteiger partial charge in [-0.1, -0.05) is 36.4 Å². The Hall–Kier alpha value is -2.82. The summed E-state index contributed by atoms with van der Waals surface area (Å²) in [7, 11) is 0. The number of aliphatic imine (C=N–C) groups is 1. The van der Waals surface area contributed by atoms with Crippen LogP contribution in [0.5, 0.6) is 0 Å². The van der Waals surface area contributed by atoms with Crippen LogP contribution in [0.15, 0.2) is 65.7 Å². The molecule has 1 aliphatic heterocycles. The second-order valence-corrected chi connectivity index (χ2v) is 5.34. The van der Waals surface area contributed by atoms with Crippen molar-refractivity contribution in [1.82, 2.24) is 0 Å². The van der Waals surface area contributed by atoms with Crippen molar-refractivity contribution in [2.24, 2.45) is 4.99 Å². The lowest BCUT2D eigenvalue weighted by Gasteiger charge is -2.19. The Balaban J connectivity index is 1.79. The highest BCUT2D eigenvalue weighted by Gasteiger charge is 2.30. The van der Waals surface area contributed by atoms with E-state index in [4.69, 9.17) is 0 Å². The molecule has 1 heterocycles. The zero-order chi connectivity index (χ0) is 16.0. The molecular weight excluding hydrogens is 301 g/mol. The van der Waals surface area contributed by atoms with Gasteiger partial charge in [0.1, 0.15) is 5.84 Å². The molecule has 0 bridgehead atoms. The van der Waals surface area contributed by atoms with Crippen LogP contribution in [0.25, 0.3) is 10.8 Å². The molecule has 0 saturated carbocycles. The number of nitrogens with one attached hydrogen (secondary N) is 1. The predicted octanol–water partition coefficient (Wildman–Crippen LogP) is 5.36. The fraction of sp³-hybridized carbons (Fsp3) is 0.0556. The van der Waals surface area contributed by atoms with Crippen LogP contribution in [0, 0.1) is 0 Å². The summed E-state index contributed by atoms with van der Waals surface area (Å²) < 4.78 is 38.0. The van der Waals surface area contributed by atoms with Crippen LogP contribution >= 0.6 is 0 Å². The predicted molar refractivity (Wildman–Crippen MR) is 85.2 cm³/mol. The first-order chi connectivity index (χ1) is 11.0. The van der Waals surface area contributed by atoms with Crippen LogP contribution in [0.4, 0.5) is 24.5 Å². The highest BCUT2D eigenvalue weighted by Crippen LogP contribution is 2.36. The smallest absolute Gasteiger partial charge is 0.339 e. The molecule has 0 saturated heterocycles. The highest BCUT2D eigenvalue weighted by atomic mass is 19.4. The van der Waals surface area contributed by atoms with Gasteiger partial charge in [0.25, 0.3) is 0 Å². The molecule has 2 nitrogen and oxygen atoms in total. The molecule has 0 radical (unpaired) electrons. The van der Waals surface area contributed by atoms with Crippen LogP contribution in [-0.4, -0.2) is 5.84 Å². The Kier molecular flexibility index (Phi) is 2.91. The molecule has 23 heavy (non-hydrogen) atoms. The van der Waals surface area contributed by atoms with Crippen molar-refractivity contribution in [2.75, 3.05) is 5.32 Å². The van der Waals surface area contributed by atoms with E-state index in [1.165, 1.54) is 12.1 Å². The Labute approximate surface area is 130 Å². The van der Waals surface area contributed by atoms with Gasteiger partial charge < -0.3 is 5.32 Å². The summed E-state index contributed by atoms with van der Waals surface area (Å²) in [5, 5.41) is 5.30. The second kappa shape index (κ2) is 4.84. The van der Waals surface area contributed by atoms with Gasteiger partial charge in [0.05, 0.1) is 11.3 Å². The number of nitrogens with zero attached hydrogens (tertiary/aromatic N) is 1. The third-order valence-electron chi connectivity index (χ3n) is 3.85. The summed E-state index contributed by atoms with van der Waals surface area (Å²) in [5.41, 5.74) is 1.67. The molecule has 114 valence electrons. The van der Waals surface area contributed by atoms with Gasteiger partial charge in [-0.25, -0.2) is 4.99 Å². The fourth-order valence-corrected chi connectivity index (χ4v) is 2.75. The van der Waals surface area contributed by atoms with Gasteiger partial charge in [-0.05, 0) is 29.7 Å². The van der Waals surface area contributed by atoms with E-state index in [1.807, 2.05) is 36.4 Å². The highest BCUT2D eigenvalue weighted by molar-refractivity contribution is 6.18. The second-order valence-electron chi connectivity index (χ2n) is 5.34. The van der Waals surface area contributed by atoms with E-state index in [9.17, 15) is 13.2 Å². The number of alkyl halides is 3. The van der Waals surface area contributed by atoms with Crippen molar-refractivity contribution < 1.29 is 13.2 Å². The Morgan fingerprint density at radius 2 is 1.52 bits per heavy atom. The largest absolute Gasteiger partial charge is 0.416 e. The first-order valence-corrected chi connectivity index (χ1v) is 7.07. The van der Waals surface area contributed by atoms with E-state index in [0.717, 1.165) is 34.3 Å². The molecule has 3 aromatic rings. The third-order valence-corrected chi connectivity index (χ3v) is 3.85. The van der Waals surface area contributed by atoms with Crippen molar-refractivity contribution in [3.63, 3.8) is 0 Å². The summed E-state index contributed by atoms with van der Waals surface area (Å²) in [4.78, 5) is 4.55. The molecule has 1 aliphatic rings. The quantitative estimate of drug-likeness (QED) is 0.642. The minimum absolute atomic E-state index is 0.546. The first kappa shape index (κ1) is 13.8. The van der Waals surface area contributed by atoms with E-state index in [2.05, 4.69) is 10.3 Å². The van der Waals surface area contributed by atoms with E-state index >= 15 is 0 Å². The fourth-order valence-electron chi connectivity index (χ4n) is 2.75. The summed E-state index contributed by atoms with van der Waals surface area (Å²) in [5.74, 6) is 0.546. The molecule has 5 heteroatoms. The number of hydrogen-bond acceptors (Lipinski definition) is 2. The Morgan fingerprint density at radius 3 is 2.22 bits per heavy atom. The maximum absolute atomic E-state index is 12.7. The zero-order valence-electron chi connectivity index (χ0n) is 11.9. The molecule has 4 rings (SSSR count). The van der Waals surface area contributed by atoms with E-state index < -0.39 is 11.7 Å². The minimum Gasteiger partial charge on any atom is -0.339 e. The van der Waals surface area contributed by atoms with Crippen LogP contribution in [0.1, 0.15) is 11.1 Å². The van der Waals surface area contributed by atoms with Gasteiger partial charge in [-0.3, -0.25) is 0 Å². The molecular formula is C18H11F3N2. The number of amidine groups is 1. The number of rotatable bonds is 1. The van der Waals surface area contributed by atoms with Crippen LogP contribution < -0.4 is 5.32 Å². The third kappa shape index (κ3) is 2.34. The Bertz CT molecular complexity index is 920. The van der Waals surface area contributed by atoms with Gasteiger partial charge in [-0.2, -0.15) is 13.2 Å². The molecule has 3 aromatic carbocycles. The van der Waals surface area contributed by atoms with Crippen molar-refractivity contribution in [1.29, 1.82) is 0 Å². The van der Waals surface area contributed by atoms with E-state index in [1.54, 1.807) is 0 Å². The number of anilines is 1. The van der Waals surface area contributed by atoms with Crippen molar-refractivity contribution >= 4 is 28.0 Å². The van der Waals surface area contributed by atoms with Gasteiger partial charge in [0.15, 0.2) is 0 Å². The zero-order valence-corrected chi connectivity index (χ0v) is 11.9. The van der Waals surface area contributed by atoms with Crippen LogP contribution in [-0.2, 0) is 6.18 Å². The Morgan fingerprint density at radius 1 is 0.826 bits per heavy atom. The average Bonchev–Trinajstić information content (AvgIpc) is 2.55. The molecule has 0 atom stereocenters. The minimum atomic E-state index is -4.33. The molecule has 0 fully saturated rings. The maximum Gasteiger partial charge on any atom is 0.416 e. The molecule has 0 aliphatic carbocycles. The summed E-state index contributed by atoms with van der Waals surface area (Å²) in [6.07, 6.45) is -4.33. The molecule has 0 spiro atoms. The van der Waals surface area contributed by atoms with E-state index in [0.29, 0.717) is 11.4 Å². The van der Waals surface area contributed by atoms with Crippen molar-refractivity contribution in [3.8, 4) is 0 Å². The normalized spacial score (nSPS) is 13.6. The van der Waals surface area contributed by atoms with Gasteiger partial charge in [-0.15, -0.1) is 0 Å². The molecule has 0 amide bonds. The lowest BCUT2D eigenvalue weighted by molar-refractivity contribution is -0.137. The standard InChI is InChI=1S/C18H11F3N2/c19-18(20,21)13-9-7-12(8-10-13)17-22-14-5-1-3-11-4-2-6-15(23-17)16(11)14/h1-10H,(H,22,23). The summed E-state index contributed by atoms with van der Waals surface area (Å²) >= 11 is 0. The summed E-state index contributed by atoms with van der Waals surface area (Å²) in [6, 6.07) is 16.7. The van der Waals surface area contributed by atoms with E-state index in [-0.39, 0.29) is 0 Å². The average molecular weight is 312 g/mol. The van der Waals surface area contributed by atoms with Crippen molar-refractivity contribution in [3.05, 3.63) is 71.8 Å². The topological polar surface area (TPSA) is 24.4 Å². The van der Waals surface area contributed by atoms with Gasteiger partial charge in [0, 0.05) is 16.6 Å². The van der Waals surface area contributed by atoms with Crippen LogP contribution in [0.3, 0.4) is 0 Å². The maximum atomic E-state index is 12.7. The summed E-state index contributed by atoms with van der Waals surface area (Å²) in [6.45, 7) is 0. The lowest BCUT2D eigenvalue weighted by atomic mass is 10.0. The molecule has 0 aromatic heterocycles. The number of benzene rings is 3.